The van der Waals surface area contributed by atoms with Crippen molar-refractivity contribution in [3.8, 4) is 0 Å². The van der Waals surface area contributed by atoms with Gasteiger partial charge in [-0.2, -0.15) is 0 Å². The number of piperidine rings is 1. The second kappa shape index (κ2) is 8.70. The van der Waals surface area contributed by atoms with Crippen LogP contribution in [0.3, 0.4) is 0 Å². The molecule has 2 aromatic heterocycles. The Kier molecular flexibility index (Phi) is 5.87. The summed E-state index contributed by atoms with van der Waals surface area (Å²) in [6.07, 6.45) is 5.77. The standard InChI is InChI=1S/C20H29N7O/c1-15-16(4-5-22-20(15)21)12-23-17-3-2-6-27(13-17)19-11-18(24-14-25-19)26-7-9-28-10-8-26/h4-5,11,14,17,23H,2-3,6-10,12-13H2,1H3,(H2,21,22). The van der Waals surface area contributed by atoms with Gasteiger partial charge < -0.3 is 25.6 Å². The minimum atomic E-state index is 0.421. The summed E-state index contributed by atoms with van der Waals surface area (Å²) in [5, 5.41) is 3.69. The fourth-order valence-corrected chi connectivity index (χ4v) is 3.87. The number of morpholine rings is 1. The van der Waals surface area contributed by atoms with Gasteiger partial charge in [0, 0.05) is 51.0 Å². The van der Waals surface area contributed by atoms with Crippen molar-refractivity contribution in [1.82, 2.24) is 20.3 Å². The molecule has 150 valence electrons. The average molecular weight is 384 g/mol. The highest BCUT2D eigenvalue weighted by Gasteiger charge is 2.22. The molecule has 0 amide bonds. The molecule has 0 aromatic carbocycles. The topological polar surface area (TPSA) is 92.4 Å². The van der Waals surface area contributed by atoms with Crippen LogP contribution in [0.1, 0.15) is 24.0 Å². The maximum atomic E-state index is 5.93. The molecule has 2 aliphatic heterocycles. The Morgan fingerprint density at radius 1 is 1.14 bits per heavy atom. The van der Waals surface area contributed by atoms with Crippen molar-refractivity contribution < 1.29 is 4.74 Å². The van der Waals surface area contributed by atoms with Gasteiger partial charge in [-0.15, -0.1) is 0 Å². The highest BCUT2D eigenvalue weighted by molar-refractivity contribution is 5.50. The molecule has 2 aromatic rings. The molecule has 8 nitrogen and oxygen atoms in total. The summed E-state index contributed by atoms with van der Waals surface area (Å²) in [5.41, 5.74) is 8.20. The second-order valence-corrected chi connectivity index (χ2v) is 7.48. The van der Waals surface area contributed by atoms with Crippen LogP contribution < -0.4 is 20.9 Å². The third-order valence-corrected chi connectivity index (χ3v) is 5.66. The van der Waals surface area contributed by atoms with Crippen LogP contribution in [-0.4, -0.2) is 60.4 Å². The number of aromatic nitrogens is 3. The Bertz CT molecular complexity index is 794. The Morgan fingerprint density at radius 3 is 2.75 bits per heavy atom. The molecule has 0 saturated carbocycles. The van der Waals surface area contributed by atoms with Crippen molar-refractivity contribution in [2.24, 2.45) is 0 Å². The number of anilines is 3. The number of ether oxygens (including phenoxy) is 1. The summed E-state index contributed by atoms with van der Waals surface area (Å²) < 4.78 is 5.45. The predicted octanol–water partition coefficient (Wildman–Crippen LogP) is 1.36. The van der Waals surface area contributed by atoms with Gasteiger partial charge >= 0.3 is 0 Å². The number of hydrogen-bond acceptors (Lipinski definition) is 8. The first-order chi connectivity index (χ1) is 13.7. The van der Waals surface area contributed by atoms with Crippen molar-refractivity contribution in [3.05, 3.63) is 35.8 Å². The van der Waals surface area contributed by atoms with Crippen LogP contribution in [-0.2, 0) is 11.3 Å². The van der Waals surface area contributed by atoms with Gasteiger partial charge in [-0.05, 0) is 37.0 Å². The molecule has 1 atom stereocenters. The zero-order chi connectivity index (χ0) is 19.3. The van der Waals surface area contributed by atoms with E-state index in [2.05, 4.69) is 36.1 Å². The van der Waals surface area contributed by atoms with Crippen LogP contribution in [0.25, 0.3) is 0 Å². The van der Waals surface area contributed by atoms with Gasteiger partial charge in [0.05, 0.1) is 13.2 Å². The zero-order valence-electron chi connectivity index (χ0n) is 16.5. The summed E-state index contributed by atoms with van der Waals surface area (Å²) in [5.74, 6) is 2.61. The first kappa shape index (κ1) is 18.9. The fourth-order valence-electron chi connectivity index (χ4n) is 3.87. The Balaban J connectivity index is 1.39. The number of nitrogen functional groups attached to an aromatic ring is 1. The Labute approximate surface area is 166 Å². The van der Waals surface area contributed by atoms with Crippen molar-refractivity contribution in [1.29, 1.82) is 0 Å². The lowest BCUT2D eigenvalue weighted by atomic mass is 10.0. The molecule has 3 N–H and O–H groups in total. The third-order valence-electron chi connectivity index (χ3n) is 5.66. The van der Waals surface area contributed by atoms with Gasteiger partial charge in [-0.25, -0.2) is 15.0 Å². The molecule has 4 rings (SSSR count). The molecule has 2 aliphatic rings. The third kappa shape index (κ3) is 4.34. The molecule has 4 heterocycles. The van der Waals surface area contributed by atoms with Crippen LogP contribution in [0, 0.1) is 6.92 Å². The number of pyridine rings is 1. The van der Waals surface area contributed by atoms with Crippen molar-refractivity contribution in [2.45, 2.75) is 32.4 Å². The highest BCUT2D eigenvalue weighted by Crippen LogP contribution is 2.22. The molecule has 8 heteroatoms. The number of nitrogens with two attached hydrogens (primary N) is 1. The van der Waals surface area contributed by atoms with E-state index in [4.69, 9.17) is 10.5 Å². The first-order valence-electron chi connectivity index (χ1n) is 10.0. The number of rotatable bonds is 5. The molecule has 2 fully saturated rings. The van der Waals surface area contributed by atoms with Gasteiger partial charge in [-0.1, -0.05) is 0 Å². The van der Waals surface area contributed by atoms with Gasteiger partial charge in [-0.3, -0.25) is 0 Å². The van der Waals surface area contributed by atoms with Crippen LogP contribution >= 0.6 is 0 Å². The lowest BCUT2D eigenvalue weighted by molar-refractivity contribution is 0.122. The monoisotopic (exact) mass is 383 g/mol. The molecule has 2 saturated heterocycles. The van der Waals surface area contributed by atoms with E-state index in [1.165, 1.54) is 5.56 Å². The van der Waals surface area contributed by atoms with Crippen molar-refractivity contribution in [2.75, 3.05) is 54.9 Å². The lowest BCUT2D eigenvalue weighted by Crippen LogP contribution is -2.46. The zero-order valence-corrected chi connectivity index (χ0v) is 16.5. The van der Waals surface area contributed by atoms with Gasteiger partial charge in [0.2, 0.25) is 0 Å². The van der Waals surface area contributed by atoms with E-state index in [-0.39, 0.29) is 0 Å². The Hall–Kier alpha value is -2.45. The quantitative estimate of drug-likeness (QED) is 0.800. The van der Waals surface area contributed by atoms with Crippen molar-refractivity contribution >= 4 is 17.5 Å². The summed E-state index contributed by atoms with van der Waals surface area (Å²) in [6, 6.07) is 4.57. The van der Waals surface area contributed by atoms with E-state index < -0.39 is 0 Å². The number of nitrogens with zero attached hydrogens (tertiary/aromatic N) is 5. The summed E-state index contributed by atoms with van der Waals surface area (Å²) in [4.78, 5) is 17.8. The van der Waals surface area contributed by atoms with Gasteiger partial charge in [0.25, 0.3) is 0 Å². The minimum absolute atomic E-state index is 0.421. The molecule has 28 heavy (non-hydrogen) atoms. The molecule has 0 bridgehead atoms. The molecule has 1 unspecified atom stereocenters. The molecular weight excluding hydrogens is 354 g/mol. The van der Waals surface area contributed by atoms with Gasteiger partial charge in [0.1, 0.15) is 23.8 Å². The van der Waals surface area contributed by atoms with Crippen LogP contribution in [0.5, 0.6) is 0 Å². The predicted molar refractivity (Wildman–Crippen MR) is 111 cm³/mol. The summed E-state index contributed by atoms with van der Waals surface area (Å²) in [6.45, 7) is 8.09. The molecule has 0 radical (unpaired) electrons. The van der Waals surface area contributed by atoms with E-state index in [0.717, 1.165) is 76.0 Å². The summed E-state index contributed by atoms with van der Waals surface area (Å²) >= 11 is 0. The maximum Gasteiger partial charge on any atom is 0.134 e. The van der Waals surface area contributed by atoms with E-state index in [1.807, 2.05) is 13.0 Å². The minimum Gasteiger partial charge on any atom is -0.383 e. The van der Waals surface area contributed by atoms with E-state index in [9.17, 15) is 0 Å². The SMILES string of the molecule is Cc1c(CNC2CCCN(c3cc(N4CCOCC4)ncn3)C2)ccnc1N. The smallest absolute Gasteiger partial charge is 0.134 e. The van der Waals surface area contributed by atoms with Gasteiger partial charge in [0.15, 0.2) is 0 Å². The van der Waals surface area contributed by atoms with Crippen molar-refractivity contribution in [3.63, 3.8) is 0 Å². The Morgan fingerprint density at radius 2 is 1.93 bits per heavy atom. The number of hydrogen-bond donors (Lipinski definition) is 2. The summed E-state index contributed by atoms with van der Waals surface area (Å²) in [7, 11) is 0. The first-order valence-corrected chi connectivity index (χ1v) is 10.0. The maximum absolute atomic E-state index is 5.93. The number of nitrogens with one attached hydrogen (secondary N) is 1. The van der Waals surface area contributed by atoms with E-state index >= 15 is 0 Å². The molecule has 0 spiro atoms. The average Bonchev–Trinajstić information content (AvgIpc) is 2.76. The molecular formula is C20H29N7O. The lowest BCUT2D eigenvalue weighted by Gasteiger charge is -2.35. The molecule has 0 aliphatic carbocycles. The van der Waals surface area contributed by atoms with Crippen LogP contribution in [0.15, 0.2) is 24.7 Å². The fraction of sp³-hybridized carbons (Fsp3) is 0.550. The highest BCUT2D eigenvalue weighted by atomic mass is 16.5. The van der Waals surface area contributed by atoms with E-state index in [0.29, 0.717) is 11.9 Å². The largest absolute Gasteiger partial charge is 0.383 e. The van der Waals surface area contributed by atoms with E-state index in [1.54, 1.807) is 12.5 Å². The van der Waals surface area contributed by atoms with Crippen LogP contribution in [0.2, 0.25) is 0 Å². The second-order valence-electron chi connectivity index (χ2n) is 7.48. The van der Waals surface area contributed by atoms with Crippen LogP contribution in [0.4, 0.5) is 17.5 Å². The normalized spacial score (nSPS) is 20.4.